The lowest BCUT2D eigenvalue weighted by atomic mass is 10.1. The van der Waals surface area contributed by atoms with Gasteiger partial charge in [-0.05, 0) is 19.1 Å². The van der Waals surface area contributed by atoms with E-state index in [0.29, 0.717) is 6.61 Å². The summed E-state index contributed by atoms with van der Waals surface area (Å²) in [6.07, 6.45) is -0.149. The lowest BCUT2D eigenvalue weighted by Gasteiger charge is -2.02. The number of aromatic nitrogens is 2. The van der Waals surface area contributed by atoms with E-state index in [1.54, 1.807) is 6.92 Å². The lowest BCUT2D eigenvalue weighted by Crippen LogP contribution is -1.96. The fourth-order valence-electron chi connectivity index (χ4n) is 1.26. The number of rotatable bonds is 3. The van der Waals surface area contributed by atoms with E-state index in [4.69, 9.17) is 14.9 Å². The first-order chi connectivity index (χ1) is 8.13. The van der Waals surface area contributed by atoms with E-state index in [1.807, 2.05) is 0 Å². The molecule has 0 unspecified atom stereocenters. The largest absolute Gasteiger partial charge is 0.449 e. The second kappa shape index (κ2) is 4.36. The number of nitrogen functional groups attached to an aromatic ring is 1. The highest BCUT2D eigenvalue weighted by atomic mass is 19.1. The number of hydrogen-bond donors (Lipinski definition) is 1. The van der Waals surface area contributed by atoms with Crippen LogP contribution < -0.4 is 10.5 Å². The van der Waals surface area contributed by atoms with Crippen molar-refractivity contribution in [2.45, 2.75) is 6.92 Å². The van der Waals surface area contributed by atoms with Gasteiger partial charge in [-0.3, -0.25) is 0 Å². The molecule has 0 aliphatic carbocycles. The number of hydrogen-bond acceptors (Lipinski definition) is 5. The van der Waals surface area contributed by atoms with Crippen LogP contribution in [0.3, 0.4) is 0 Å². The summed E-state index contributed by atoms with van der Waals surface area (Å²) in [4.78, 5) is 0. The van der Waals surface area contributed by atoms with E-state index >= 15 is 0 Å². The number of nitrogens with two attached hydrogens (primary N) is 1. The Kier molecular flexibility index (Phi) is 2.90. The molecule has 1 aromatic heterocycles. The van der Waals surface area contributed by atoms with E-state index in [-0.39, 0.29) is 17.7 Å². The first kappa shape index (κ1) is 11.3. The Morgan fingerprint density at radius 1 is 1.35 bits per heavy atom. The van der Waals surface area contributed by atoms with E-state index in [2.05, 4.69) is 10.2 Å². The minimum absolute atomic E-state index is 0.149. The van der Waals surface area contributed by atoms with Gasteiger partial charge in [0.25, 0.3) is 5.89 Å². The van der Waals surface area contributed by atoms with Gasteiger partial charge in [-0.25, -0.2) is 8.78 Å². The summed E-state index contributed by atoms with van der Waals surface area (Å²) < 4.78 is 36.9. The number of anilines is 1. The summed E-state index contributed by atoms with van der Waals surface area (Å²) in [6, 6.07) is 2.15. The standard InChI is InChI=1S/C10H9F2N3O2/c1-2-16-10-15-14-9(17-10)7-5(11)3-4-6(13)8(7)12/h3-4H,2,13H2,1H3. The number of benzene rings is 1. The highest BCUT2D eigenvalue weighted by Gasteiger charge is 2.20. The Morgan fingerprint density at radius 3 is 2.82 bits per heavy atom. The molecule has 0 aliphatic rings. The van der Waals surface area contributed by atoms with E-state index in [1.165, 1.54) is 0 Å². The zero-order valence-corrected chi connectivity index (χ0v) is 8.91. The molecule has 90 valence electrons. The van der Waals surface area contributed by atoms with Crippen LogP contribution >= 0.6 is 0 Å². The van der Waals surface area contributed by atoms with Gasteiger partial charge in [0.05, 0.1) is 12.3 Å². The minimum Gasteiger partial charge on any atom is -0.449 e. The zero-order valence-electron chi connectivity index (χ0n) is 8.91. The summed E-state index contributed by atoms with van der Waals surface area (Å²) in [5, 5.41) is 6.97. The van der Waals surface area contributed by atoms with Gasteiger partial charge in [-0.15, -0.1) is 5.10 Å². The maximum atomic E-state index is 13.6. The molecule has 0 bridgehead atoms. The summed E-state index contributed by atoms with van der Waals surface area (Å²) >= 11 is 0. The van der Waals surface area contributed by atoms with E-state index < -0.39 is 17.2 Å². The summed E-state index contributed by atoms with van der Waals surface area (Å²) in [5.74, 6) is -2.07. The van der Waals surface area contributed by atoms with Crippen LogP contribution in [0.25, 0.3) is 11.5 Å². The quantitative estimate of drug-likeness (QED) is 0.832. The van der Waals surface area contributed by atoms with Crippen LogP contribution in [0.4, 0.5) is 14.5 Å². The van der Waals surface area contributed by atoms with Gasteiger partial charge in [0, 0.05) is 0 Å². The Balaban J connectivity index is 2.48. The highest BCUT2D eigenvalue weighted by molar-refractivity contribution is 5.62. The molecule has 1 aromatic carbocycles. The summed E-state index contributed by atoms with van der Waals surface area (Å²) in [7, 11) is 0. The van der Waals surface area contributed by atoms with Gasteiger partial charge in [0.1, 0.15) is 11.4 Å². The van der Waals surface area contributed by atoms with Gasteiger partial charge >= 0.3 is 6.08 Å². The van der Waals surface area contributed by atoms with Crippen molar-refractivity contribution in [3.05, 3.63) is 23.8 Å². The van der Waals surface area contributed by atoms with Crippen molar-refractivity contribution in [2.24, 2.45) is 0 Å². The molecule has 7 heteroatoms. The van der Waals surface area contributed by atoms with Gasteiger partial charge in [0.15, 0.2) is 5.82 Å². The second-order valence-corrected chi connectivity index (χ2v) is 3.13. The van der Waals surface area contributed by atoms with Crippen LogP contribution in [0, 0.1) is 11.6 Å². The zero-order chi connectivity index (χ0) is 12.4. The van der Waals surface area contributed by atoms with Crippen LogP contribution in [-0.2, 0) is 0 Å². The normalized spacial score (nSPS) is 10.5. The van der Waals surface area contributed by atoms with E-state index in [9.17, 15) is 8.78 Å². The SMILES string of the molecule is CCOc1nnc(-c2c(F)ccc(N)c2F)o1. The second-order valence-electron chi connectivity index (χ2n) is 3.13. The molecule has 0 saturated carbocycles. The van der Waals surface area contributed by atoms with Crippen molar-refractivity contribution >= 4 is 5.69 Å². The molecule has 0 amide bonds. The van der Waals surface area contributed by atoms with Crippen molar-refractivity contribution in [3.8, 4) is 17.5 Å². The predicted octanol–water partition coefficient (Wildman–Crippen LogP) is 2.00. The van der Waals surface area contributed by atoms with Crippen LogP contribution in [0.5, 0.6) is 6.08 Å². The first-order valence-corrected chi connectivity index (χ1v) is 4.83. The van der Waals surface area contributed by atoms with Crippen molar-refractivity contribution in [1.82, 2.24) is 10.2 Å². The monoisotopic (exact) mass is 241 g/mol. The van der Waals surface area contributed by atoms with Crippen LogP contribution in [0.1, 0.15) is 6.92 Å². The van der Waals surface area contributed by atoms with Crippen LogP contribution in [0.15, 0.2) is 16.5 Å². The van der Waals surface area contributed by atoms with Crippen LogP contribution in [-0.4, -0.2) is 16.8 Å². The Bertz CT molecular complexity index is 542. The van der Waals surface area contributed by atoms with Crippen molar-refractivity contribution in [1.29, 1.82) is 0 Å². The molecule has 0 fully saturated rings. The molecule has 2 rings (SSSR count). The third-order valence-electron chi connectivity index (χ3n) is 2.01. The van der Waals surface area contributed by atoms with Crippen molar-refractivity contribution in [2.75, 3.05) is 12.3 Å². The van der Waals surface area contributed by atoms with Gasteiger partial charge in [-0.2, -0.15) is 0 Å². The van der Waals surface area contributed by atoms with Gasteiger partial charge < -0.3 is 14.9 Å². The third-order valence-corrected chi connectivity index (χ3v) is 2.01. The Morgan fingerprint density at radius 2 is 2.12 bits per heavy atom. The molecule has 2 aromatic rings. The molecule has 0 saturated heterocycles. The maximum Gasteiger partial charge on any atom is 0.414 e. The molecule has 5 nitrogen and oxygen atoms in total. The number of ether oxygens (including phenoxy) is 1. The van der Waals surface area contributed by atoms with Crippen molar-refractivity contribution in [3.63, 3.8) is 0 Å². The maximum absolute atomic E-state index is 13.6. The van der Waals surface area contributed by atoms with Crippen molar-refractivity contribution < 1.29 is 17.9 Å². The average Bonchev–Trinajstić information content (AvgIpc) is 2.73. The Hall–Kier alpha value is -2.18. The summed E-state index contributed by atoms with van der Waals surface area (Å²) in [6.45, 7) is 2.02. The molecular weight excluding hydrogens is 232 g/mol. The smallest absolute Gasteiger partial charge is 0.414 e. The molecule has 0 aliphatic heterocycles. The van der Waals surface area contributed by atoms with Crippen LogP contribution in [0.2, 0.25) is 0 Å². The molecule has 0 spiro atoms. The lowest BCUT2D eigenvalue weighted by molar-refractivity contribution is 0.246. The fourth-order valence-corrected chi connectivity index (χ4v) is 1.26. The molecule has 17 heavy (non-hydrogen) atoms. The molecule has 0 atom stereocenters. The third kappa shape index (κ3) is 2.03. The van der Waals surface area contributed by atoms with Gasteiger partial charge in [-0.1, -0.05) is 5.10 Å². The van der Waals surface area contributed by atoms with E-state index in [0.717, 1.165) is 12.1 Å². The average molecular weight is 241 g/mol. The number of nitrogens with zero attached hydrogens (tertiary/aromatic N) is 2. The number of halogens is 2. The topological polar surface area (TPSA) is 74.2 Å². The summed E-state index contributed by atoms with van der Waals surface area (Å²) in [5.41, 5.74) is 4.68. The fraction of sp³-hybridized carbons (Fsp3) is 0.200. The highest BCUT2D eigenvalue weighted by Crippen LogP contribution is 2.29. The van der Waals surface area contributed by atoms with Gasteiger partial charge in [0.2, 0.25) is 0 Å². The molecule has 1 heterocycles. The molecular formula is C10H9F2N3O2. The predicted molar refractivity (Wildman–Crippen MR) is 55.2 cm³/mol. The molecule has 0 radical (unpaired) electrons. The molecule has 2 N–H and O–H groups in total. The minimum atomic E-state index is -0.934. The Labute approximate surface area is 95.2 Å². The first-order valence-electron chi connectivity index (χ1n) is 4.83.